The monoisotopic (exact) mass is 561 g/mol. The van der Waals surface area contributed by atoms with Gasteiger partial charge in [0.05, 0.1) is 20.6 Å². The van der Waals surface area contributed by atoms with E-state index in [4.69, 9.17) is 23.2 Å². The number of hydrogen-bond donors (Lipinski definition) is 1. The summed E-state index contributed by atoms with van der Waals surface area (Å²) in [6, 6.07) is 19.1. The number of para-hydroxylation sites is 1. The number of sulfonamides is 1. The molecule has 2 amide bonds. The lowest BCUT2D eigenvalue weighted by Crippen LogP contribution is -2.50. The van der Waals surface area contributed by atoms with Gasteiger partial charge in [0.2, 0.25) is 11.8 Å². The fraction of sp³-hybridized carbons (Fsp3) is 0.259. The maximum atomic E-state index is 13.8. The highest BCUT2D eigenvalue weighted by atomic mass is 35.5. The number of carbonyl (C=O) groups is 2. The molecular weight excluding hydrogens is 533 g/mol. The lowest BCUT2D eigenvalue weighted by molar-refractivity contribution is -0.139. The first-order valence-corrected chi connectivity index (χ1v) is 13.9. The van der Waals surface area contributed by atoms with E-state index in [9.17, 15) is 18.0 Å². The summed E-state index contributed by atoms with van der Waals surface area (Å²) in [6.45, 7) is 3.03. The number of aryl methyl sites for hydroxylation is 1. The van der Waals surface area contributed by atoms with Crippen molar-refractivity contribution in [2.45, 2.75) is 37.8 Å². The van der Waals surface area contributed by atoms with Gasteiger partial charge in [-0.3, -0.25) is 13.9 Å². The third kappa shape index (κ3) is 6.63. The summed E-state index contributed by atoms with van der Waals surface area (Å²) in [4.78, 5) is 27.8. The summed E-state index contributed by atoms with van der Waals surface area (Å²) in [7, 11) is -2.63. The van der Waals surface area contributed by atoms with Crippen LogP contribution in [-0.4, -0.2) is 44.8 Å². The summed E-state index contributed by atoms with van der Waals surface area (Å²) in [6.07, 6.45) is 0.562. The summed E-state index contributed by atoms with van der Waals surface area (Å²) in [5.74, 6) is -0.938. The minimum atomic E-state index is -4.11. The average Bonchev–Trinajstić information content (AvgIpc) is 2.91. The summed E-state index contributed by atoms with van der Waals surface area (Å²) < 4.78 is 28.7. The Morgan fingerprint density at radius 3 is 2.22 bits per heavy atom. The Morgan fingerprint density at radius 2 is 1.59 bits per heavy atom. The molecule has 7 nitrogen and oxygen atoms in total. The third-order valence-electron chi connectivity index (χ3n) is 6.00. The number of hydrogen-bond acceptors (Lipinski definition) is 4. The zero-order chi connectivity index (χ0) is 27.2. The van der Waals surface area contributed by atoms with Crippen molar-refractivity contribution in [3.05, 3.63) is 94.0 Å². The zero-order valence-electron chi connectivity index (χ0n) is 20.8. The molecule has 0 spiro atoms. The number of nitrogens with zero attached hydrogens (tertiary/aromatic N) is 2. The second-order valence-electron chi connectivity index (χ2n) is 8.37. The molecule has 196 valence electrons. The Labute approximate surface area is 228 Å². The molecule has 3 aromatic rings. The number of halogens is 2. The molecule has 0 aliphatic carbocycles. The number of likely N-dealkylation sites (N-methyl/N-ethyl adjacent to an activating group) is 1. The van der Waals surface area contributed by atoms with Gasteiger partial charge in [-0.15, -0.1) is 0 Å². The van der Waals surface area contributed by atoms with Crippen LogP contribution in [-0.2, 0) is 32.6 Å². The van der Waals surface area contributed by atoms with Crippen LogP contribution in [0.5, 0.6) is 0 Å². The van der Waals surface area contributed by atoms with Crippen LogP contribution in [0.15, 0.2) is 77.7 Å². The highest BCUT2D eigenvalue weighted by Gasteiger charge is 2.33. The van der Waals surface area contributed by atoms with Crippen LogP contribution in [0.25, 0.3) is 0 Å². The molecule has 0 heterocycles. The van der Waals surface area contributed by atoms with E-state index >= 15 is 0 Å². The number of rotatable bonds is 10. The molecule has 0 bridgehead atoms. The Hall–Kier alpha value is -3.07. The van der Waals surface area contributed by atoms with Gasteiger partial charge in [0.15, 0.2) is 0 Å². The Morgan fingerprint density at radius 1 is 0.946 bits per heavy atom. The van der Waals surface area contributed by atoms with E-state index in [1.165, 1.54) is 24.1 Å². The van der Waals surface area contributed by atoms with Crippen LogP contribution in [0, 0.1) is 0 Å². The van der Waals surface area contributed by atoms with E-state index in [-0.39, 0.29) is 17.3 Å². The molecule has 0 saturated carbocycles. The molecule has 0 aliphatic rings. The number of anilines is 1. The molecule has 3 aromatic carbocycles. The van der Waals surface area contributed by atoms with Crippen molar-refractivity contribution in [3.63, 3.8) is 0 Å². The molecule has 0 radical (unpaired) electrons. The van der Waals surface area contributed by atoms with Gasteiger partial charge in [-0.2, -0.15) is 0 Å². The number of benzene rings is 3. The largest absolute Gasteiger partial charge is 0.357 e. The number of nitrogens with one attached hydrogen (secondary N) is 1. The van der Waals surface area contributed by atoms with Crippen molar-refractivity contribution in [1.29, 1.82) is 0 Å². The second-order valence-corrected chi connectivity index (χ2v) is 11.0. The van der Waals surface area contributed by atoms with Gasteiger partial charge in [0.25, 0.3) is 10.0 Å². The van der Waals surface area contributed by atoms with Crippen LogP contribution < -0.4 is 9.62 Å². The van der Waals surface area contributed by atoms with Crippen molar-refractivity contribution in [2.75, 3.05) is 17.9 Å². The van der Waals surface area contributed by atoms with Crippen molar-refractivity contribution >= 4 is 50.7 Å². The topological polar surface area (TPSA) is 86.8 Å². The van der Waals surface area contributed by atoms with Gasteiger partial charge in [-0.05, 0) is 54.8 Å². The van der Waals surface area contributed by atoms with Gasteiger partial charge in [-0.25, -0.2) is 8.42 Å². The summed E-state index contributed by atoms with van der Waals surface area (Å²) in [5, 5.41) is 3.22. The Bertz CT molecular complexity index is 1370. The predicted molar refractivity (Wildman–Crippen MR) is 147 cm³/mol. The third-order valence-corrected chi connectivity index (χ3v) is 8.51. The standard InChI is InChI=1S/C27H29Cl2N3O4S/c1-4-21-10-8-9-13-25(21)32(37(35,36)22-11-6-5-7-12-22)18-26(33)31(19(2)27(34)30-3)17-20-14-15-23(28)24(29)16-20/h5-16,19H,4,17-18H2,1-3H3,(H,30,34)/t19-/m0/s1. The molecular formula is C27H29Cl2N3O4S. The molecule has 0 saturated heterocycles. The predicted octanol–water partition coefficient (Wildman–Crippen LogP) is 4.91. The minimum Gasteiger partial charge on any atom is -0.357 e. The molecule has 1 N–H and O–H groups in total. The molecule has 0 fully saturated rings. The van der Waals surface area contributed by atoms with Crippen molar-refractivity contribution in [2.24, 2.45) is 0 Å². The number of amides is 2. The average molecular weight is 563 g/mol. The summed E-state index contributed by atoms with van der Waals surface area (Å²) in [5.41, 5.74) is 1.82. The van der Waals surface area contributed by atoms with E-state index < -0.39 is 28.5 Å². The molecule has 1 atom stereocenters. The number of carbonyl (C=O) groups excluding carboxylic acids is 2. The van der Waals surface area contributed by atoms with E-state index in [0.717, 1.165) is 9.87 Å². The first-order chi connectivity index (χ1) is 17.6. The fourth-order valence-electron chi connectivity index (χ4n) is 3.91. The SMILES string of the molecule is CCc1ccccc1N(CC(=O)N(Cc1ccc(Cl)c(Cl)c1)[C@@H](C)C(=O)NC)S(=O)(=O)c1ccccc1. The lowest BCUT2D eigenvalue weighted by Gasteiger charge is -2.32. The van der Waals surface area contributed by atoms with Crippen LogP contribution in [0.3, 0.4) is 0 Å². The maximum absolute atomic E-state index is 13.8. The zero-order valence-corrected chi connectivity index (χ0v) is 23.1. The molecule has 37 heavy (non-hydrogen) atoms. The first kappa shape index (κ1) is 28.5. The fourth-order valence-corrected chi connectivity index (χ4v) is 5.71. The van der Waals surface area contributed by atoms with Gasteiger partial charge in [0.1, 0.15) is 12.6 Å². The van der Waals surface area contributed by atoms with Crippen LogP contribution in [0.4, 0.5) is 5.69 Å². The maximum Gasteiger partial charge on any atom is 0.264 e. The Kier molecular flexibility index (Phi) is 9.59. The first-order valence-electron chi connectivity index (χ1n) is 11.7. The summed E-state index contributed by atoms with van der Waals surface area (Å²) >= 11 is 12.2. The lowest BCUT2D eigenvalue weighted by atomic mass is 10.1. The van der Waals surface area contributed by atoms with E-state index in [0.29, 0.717) is 27.7 Å². The molecule has 0 aromatic heterocycles. The van der Waals surface area contributed by atoms with Crippen molar-refractivity contribution in [1.82, 2.24) is 10.2 Å². The Balaban J connectivity index is 2.07. The molecule has 0 aliphatic heterocycles. The van der Waals surface area contributed by atoms with Crippen LogP contribution in [0.2, 0.25) is 10.0 Å². The highest BCUT2D eigenvalue weighted by Crippen LogP contribution is 2.28. The smallest absolute Gasteiger partial charge is 0.264 e. The highest BCUT2D eigenvalue weighted by molar-refractivity contribution is 7.92. The van der Waals surface area contributed by atoms with Gasteiger partial charge in [0, 0.05) is 13.6 Å². The van der Waals surface area contributed by atoms with E-state index in [2.05, 4.69) is 5.32 Å². The second kappa shape index (κ2) is 12.4. The van der Waals surface area contributed by atoms with Crippen LogP contribution in [0.1, 0.15) is 25.0 Å². The van der Waals surface area contributed by atoms with Gasteiger partial charge in [-0.1, -0.05) is 72.6 Å². The van der Waals surface area contributed by atoms with Crippen LogP contribution >= 0.6 is 23.2 Å². The minimum absolute atomic E-state index is 0.0267. The molecule has 3 rings (SSSR count). The quantitative estimate of drug-likeness (QED) is 0.380. The van der Waals surface area contributed by atoms with E-state index in [1.807, 2.05) is 19.1 Å². The van der Waals surface area contributed by atoms with Gasteiger partial charge < -0.3 is 10.2 Å². The van der Waals surface area contributed by atoms with Crippen molar-refractivity contribution < 1.29 is 18.0 Å². The molecule has 10 heteroatoms. The van der Waals surface area contributed by atoms with E-state index in [1.54, 1.807) is 55.5 Å². The van der Waals surface area contributed by atoms with Gasteiger partial charge >= 0.3 is 0 Å². The van der Waals surface area contributed by atoms with Crippen molar-refractivity contribution in [3.8, 4) is 0 Å². The normalized spacial score (nSPS) is 12.0. The molecule has 0 unspecified atom stereocenters.